The fourth-order valence-corrected chi connectivity index (χ4v) is 6.81. The topological polar surface area (TPSA) is 107 Å². The third-order valence-corrected chi connectivity index (χ3v) is 8.09. The zero-order valence-corrected chi connectivity index (χ0v) is 20.6. The van der Waals surface area contributed by atoms with Crippen LogP contribution in [-0.4, -0.2) is 80.1 Å². The number of alkyl halides is 1. The van der Waals surface area contributed by atoms with Gasteiger partial charge in [0, 0.05) is 31.1 Å². The SMILES string of the molecule is C=CCN(Cc1ccccc1)C(=O)[C@H]1N(CCCCCO)C(=O)[C@@H]2[C@@H](C(=O)O)[C@@H]3O[C@@]21CC3Br. The summed E-state index contributed by atoms with van der Waals surface area (Å²) in [7, 11) is 0. The van der Waals surface area contributed by atoms with Crippen molar-refractivity contribution >= 4 is 33.7 Å². The van der Waals surface area contributed by atoms with Crippen LogP contribution in [0.1, 0.15) is 31.2 Å². The third kappa shape index (κ3) is 4.18. The average molecular weight is 535 g/mol. The van der Waals surface area contributed by atoms with Crippen LogP contribution in [0.3, 0.4) is 0 Å². The van der Waals surface area contributed by atoms with E-state index in [9.17, 15) is 19.5 Å². The molecular formula is C25H31BrN2O6. The molecular weight excluding hydrogens is 504 g/mol. The van der Waals surface area contributed by atoms with Crippen LogP contribution in [0.5, 0.6) is 0 Å². The number of carboxylic acid groups (broad SMARTS) is 1. The number of halogens is 1. The van der Waals surface area contributed by atoms with Gasteiger partial charge in [0.2, 0.25) is 11.8 Å². The number of fused-ring (bicyclic) bond motifs is 1. The smallest absolute Gasteiger partial charge is 0.310 e. The lowest BCUT2D eigenvalue weighted by molar-refractivity contribution is -0.151. The maximum Gasteiger partial charge on any atom is 0.310 e. The predicted molar refractivity (Wildman–Crippen MR) is 128 cm³/mol. The van der Waals surface area contributed by atoms with Crippen molar-refractivity contribution in [2.24, 2.45) is 11.8 Å². The van der Waals surface area contributed by atoms with E-state index in [4.69, 9.17) is 9.84 Å². The number of likely N-dealkylation sites (tertiary alicyclic amines) is 1. The Morgan fingerprint density at radius 3 is 2.65 bits per heavy atom. The summed E-state index contributed by atoms with van der Waals surface area (Å²) in [5, 5.41) is 19.1. The molecule has 3 fully saturated rings. The number of carbonyl (C=O) groups excluding carboxylic acids is 2. The molecule has 184 valence electrons. The highest BCUT2D eigenvalue weighted by Crippen LogP contribution is 2.60. The molecule has 0 radical (unpaired) electrons. The quantitative estimate of drug-likeness (QED) is 0.256. The van der Waals surface area contributed by atoms with Gasteiger partial charge in [-0.25, -0.2) is 0 Å². The van der Waals surface area contributed by atoms with E-state index < -0.39 is 35.6 Å². The summed E-state index contributed by atoms with van der Waals surface area (Å²) in [6.45, 7) is 4.81. The maximum atomic E-state index is 14.1. The van der Waals surface area contributed by atoms with Crippen molar-refractivity contribution in [3.05, 3.63) is 48.6 Å². The van der Waals surface area contributed by atoms with Crippen LogP contribution in [0.15, 0.2) is 43.0 Å². The summed E-state index contributed by atoms with van der Waals surface area (Å²) < 4.78 is 6.31. The van der Waals surface area contributed by atoms with Crippen molar-refractivity contribution in [2.75, 3.05) is 19.7 Å². The number of aliphatic hydroxyl groups is 1. The molecule has 1 unspecified atom stereocenters. The zero-order chi connectivity index (χ0) is 24.5. The van der Waals surface area contributed by atoms with Crippen molar-refractivity contribution in [1.29, 1.82) is 0 Å². The average Bonchev–Trinajstić information content (AvgIpc) is 3.40. The minimum atomic E-state index is -1.18. The second-order valence-electron chi connectivity index (χ2n) is 9.31. The molecule has 3 saturated heterocycles. The van der Waals surface area contributed by atoms with Crippen LogP contribution in [0.25, 0.3) is 0 Å². The number of carbonyl (C=O) groups is 3. The van der Waals surface area contributed by atoms with Crippen LogP contribution >= 0.6 is 15.9 Å². The van der Waals surface area contributed by atoms with Crippen molar-refractivity contribution in [1.82, 2.24) is 9.80 Å². The maximum absolute atomic E-state index is 14.1. The fraction of sp³-hybridized carbons (Fsp3) is 0.560. The number of rotatable bonds is 11. The molecule has 2 amide bonds. The molecule has 2 bridgehead atoms. The zero-order valence-electron chi connectivity index (χ0n) is 19.0. The summed E-state index contributed by atoms with van der Waals surface area (Å²) in [4.78, 5) is 42.9. The molecule has 0 saturated carbocycles. The molecule has 6 atom stereocenters. The van der Waals surface area contributed by atoms with Crippen LogP contribution in [0, 0.1) is 11.8 Å². The number of benzene rings is 1. The Kier molecular flexibility index (Phi) is 7.45. The third-order valence-electron chi connectivity index (χ3n) is 7.24. The Hall–Kier alpha value is -2.23. The van der Waals surface area contributed by atoms with E-state index in [-0.39, 0.29) is 23.2 Å². The Labute approximate surface area is 207 Å². The van der Waals surface area contributed by atoms with Crippen molar-refractivity contribution in [3.63, 3.8) is 0 Å². The van der Waals surface area contributed by atoms with Gasteiger partial charge < -0.3 is 24.7 Å². The molecule has 9 heteroatoms. The van der Waals surface area contributed by atoms with Gasteiger partial charge >= 0.3 is 5.97 Å². The van der Waals surface area contributed by atoms with Gasteiger partial charge in [0.25, 0.3) is 0 Å². The van der Waals surface area contributed by atoms with Crippen LogP contribution in [-0.2, 0) is 25.7 Å². The van der Waals surface area contributed by atoms with Gasteiger partial charge in [-0.1, -0.05) is 52.3 Å². The Morgan fingerprint density at radius 1 is 1.26 bits per heavy atom. The summed E-state index contributed by atoms with van der Waals surface area (Å²) in [6, 6.07) is 8.68. The fourth-order valence-electron chi connectivity index (χ4n) is 5.87. The number of ether oxygens (including phenoxy) is 1. The predicted octanol–water partition coefficient (Wildman–Crippen LogP) is 2.20. The normalized spacial score (nSPS) is 31.5. The van der Waals surface area contributed by atoms with Crippen LogP contribution in [0.4, 0.5) is 0 Å². The van der Waals surface area contributed by atoms with Gasteiger partial charge in [0.1, 0.15) is 11.6 Å². The van der Waals surface area contributed by atoms with Gasteiger partial charge in [-0.3, -0.25) is 14.4 Å². The first kappa shape index (κ1) is 24.9. The van der Waals surface area contributed by atoms with E-state index in [1.807, 2.05) is 30.3 Å². The molecule has 3 aliphatic heterocycles. The highest BCUT2D eigenvalue weighted by Gasteiger charge is 2.76. The first-order valence-electron chi connectivity index (χ1n) is 11.8. The molecule has 1 aromatic carbocycles. The lowest BCUT2D eigenvalue weighted by Crippen LogP contribution is -2.56. The van der Waals surface area contributed by atoms with E-state index >= 15 is 0 Å². The van der Waals surface area contributed by atoms with Crippen molar-refractivity contribution in [3.8, 4) is 0 Å². The minimum absolute atomic E-state index is 0.0597. The largest absolute Gasteiger partial charge is 0.481 e. The molecule has 0 aromatic heterocycles. The van der Waals surface area contributed by atoms with E-state index in [0.717, 1.165) is 5.56 Å². The summed E-state index contributed by atoms with van der Waals surface area (Å²) in [6.07, 6.45) is 3.31. The lowest BCUT2D eigenvalue weighted by atomic mass is 9.70. The van der Waals surface area contributed by atoms with E-state index in [2.05, 4.69) is 22.5 Å². The second kappa shape index (κ2) is 10.2. The summed E-state index contributed by atoms with van der Waals surface area (Å²) in [5.74, 6) is -3.54. The molecule has 1 aromatic rings. The van der Waals surface area contributed by atoms with Crippen molar-refractivity contribution < 1.29 is 29.3 Å². The monoisotopic (exact) mass is 534 g/mol. The first-order chi connectivity index (χ1) is 16.4. The van der Waals surface area contributed by atoms with E-state index in [1.54, 1.807) is 15.9 Å². The number of unbranched alkanes of at least 4 members (excludes halogenated alkanes) is 2. The van der Waals surface area contributed by atoms with Crippen LogP contribution < -0.4 is 0 Å². The number of nitrogens with zero attached hydrogens (tertiary/aromatic N) is 2. The number of amides is 2. The number of aliphatic hydroxyl groups excluding tert-OH is 1. The first-order valence-corrected chi connectivity index (χ1v) is 12.7. The Morgan fingerprint density at radius 2 is 2.00 bits per heavy atom. The molecule has 2 N–H and O–H groups in total. The summed E-state index contributed by atoms with van der Waals surface area (Å²) >= 11 is 3.56. The van der Waals surface area contributed by atoms with Gasteiger partial charge in [0.15, 0.2) is 0 Å². The lowest BCUT2D eigenvalue weighted by Gasteiger charge is -2.37. The van der Waals surface area contributed by atoms with Crippen molar-refractivity contribution in [2.45, 2.75) is 54.8 Å². The summed E-state index contributed by atoms with van der Waals surface area (Å²) in [5.41, 5.74) is -0.229. The highest BCUT2D eigenvalue weighted by molar-refractivity contribution is 9.09. The molecule has 3 heterocycles. The minimum Gasteiger partial charge on any atom is -0.481 e. The molecule has 8 nitrogen and oxygen atoms in total. The highest BCUT2D eigenvalue weighted by atomic mass is 79.9. The van der Waals surface area contributed by atoms with Gasteiger partial charge in [-0.15, -0.1) is 6.58 Å². The molecule has 3 aliphatic rings. The second-order valence-corrected chi connectivity index (χ2v) is 10.5. The molecule has 1 spiro atoms. The Balaban J connectivity index is 1.69. The molecule has 4 rings (SSSR count). The van der Waals surface area contributed by atoms with Gasteiger partial charge in [-0.2, -0.15) is 0 Å². The van der Waals surface area contributed by atoms with Gasteiger partial charge in [0.05, 0.1) is 17.9 Å². The molecule has 0 aliphatic carbocycles. The van der Waals surface area contributed by atoms with Gasteiger partial charge in [-0.05, 0) is 31.2 Å². The van der Waals surface area contributed by atoms with E-state index in [0.29, 0.717) is 45.3 Å². The van der Waals surface area contributed by atoms with Crippen LogP contribution in [0.2, 0.25) is 0 Å². The standard InChI is InChI=1S/C25H31BrN2O6/c1-2-11-27(15-16-9-5-3-6-10-16)23(31)21-25-14-17(26)20(34-25)18(24(32)33)19(25)22(30)28(21)12-7-4-8-13-29/h2-3,5-6,9-10,17-21,29H,1,4,7-8,11-15H2,(H,32,33)/t17?,18-,19+,20-,21-,25+/m1/s1. The Bertz CT molecular complexity index is 943. The number of hydrogen-bond acceptors (Lipinski definition) is 5. The van der Waals surface area contributed by atoms with E-state index in [1.165, 1.54) is 0 Å². The number of aliphatic carboxylic acids is 1. The number of carboxylic acids is 1. The molecule has 34 heavy (non-hydrogen) atoms. The number of hydrogen-bond donors (Lipinski definition) is 2.